The maximum absolute atomic E-state index is 12.3. The zero-order valence-electron chi connectivity index (χ0n) is 17.6. The molecule has 0 aromatic rings. The summed E-state index contributed by atoms with van der Waals surface area (Å²) in [5.74, 6) is -0.766. The van der Waals surface area contributed by atoms with Gasteiger partial charge in [0.2, 0.25) is 0 Å². The summed E-state index contributed by atoms with van der Waals surface area (Å²) >= 11 is 0. The molecule has 5 aliphatic carbocycles. The number of likely N-dealkylation sites (tertiary alicyclic amines) is 1. The van der Waals surface area contributed by atoms with Gasteiger partial charge >= 0.3 is 0 Å². The summed E-state index contributed by atoms with van der Waals surface area (Å²) in [6.45, 7) is 5.86. The maximum Gasteiger partial charge on any atom is 0.129 e. The first-order valence-electron chi connectivity index (χ1n) is 11.4. The van der Waals surface area contributed by atoms with Gasteiger partial charge in [0.1, 0.15) is 16.8 Å². The topological polar surface area (TPSA) is 114 Å². The fourth-order valence-corrected chi connectivity index (χ4v) is 10.1. The van der Waals surface area contributed by atoms with Crippen molar-refractivity contribution in [2.45, 2.75) is 87.1 Å². The molecule has 1 heterocycles. The van der Waals surface area contributed by atoms with Gasteiger partial charge in [0.05, 0.1) is 24.4 Å². The Hall–Kier alpha value is -0.280. The minimum absolute atomic E-state index is 0.00662. The highest BCUT2D eigenvalue weighted by atomic mass is 16.5. The van der Waals surface area contributed by atoms with Crippen molar-refractivity contribution in [3.8, 4) is 0 Å². The Bertz CT molecular complexity index is 766. The molecule has 7 nitrogen and oxygen atoms in total. The lowest BCUT2D eigenvalue weighted by molar-refractivity contribution is -0.364. The van der Waals surface area contributed by atoms with Crippen LogP contribution in [0.4, 0.5) is 0 Å². The molecule has 7 bridgehead atoms. The molecular weight excluding hydrogens is 374 g/mol. The van der Waals surface area contributed by atoms with E-state index in [2.05, 4.69) is 18.7 Å². The van der Waals surface area contributed by atoms with E-state index in [0.717, 1.165) is 13.0 Å². The van der Waals surface area contributed by atoms with E-state index in [0.29, 0.717) is 25.8 Å². The van der Waals surface area contributed by atoms with Crippen molar-refractivity contribution in [3.63, 3.8) is 0 Å². The summed E-state index contributed by atoms with van der Waals surface area (Å²) in [4.78, 5) is 2.25. The van der Waals surface area contributed by atoms with E-state index >= 15 is 0 Å². The fraction of sp³-hybridized carbons (Fsp3) is 1.00. The van der Waals surface area contributed by atoms with Crippen LogP contribution in [-0.4, -0.2) is 91.8 Å². The molecule has 5 saturated carbocycles. The van der Waals surface area contributed by atoms with Crippen LogP contribution in [0.2, 0.25) is 0 Å². The fourth-order valence-electron chi connectivity index (χ4n) is 10.1. The van der Waals surface area contributed by atoms with Crippen LogP contribution in [0.25, 0.3) is 0 Å². The monoisotopic (exact) mass is 409 g/mol. The van der Waals surface area contributed by atoms with E-state index in [1.165, 1.54) is 0 Å². The molecule has 6 rings (SSSR count). The minimum Gasteiger partial charge on any atom is -0.392 e. The molecule has 1 aliphatic heterocycles. The lowest BCUT2D eigenvalue weighted by atomic mass is 9.41. The number of aliphatic hydroxyl groups excluding tert-OH is 2. The molecule has 7 heteroatoms. The van der Waals surface area contributed by atoms with Crippen molar-refractivity contribution in [1.82, 2.24) is 4.90 Å². The summed E-state index contributed by atoms with van der Waals surface area (Å²) in [6.07, 6.45) is 0.207. The van der Waals surface area contributed by atoms with Crippen LogP contribution in [0.3, 0.4) is 0 Å². The highest BCUT2D eigenvalue weighted by Crippen LogP contribution is 2.80. The molecule has 0 radical (unpaired) electrons. The first kappa shape index (κ1) is 19.4. The van der Waals surface area contributed by atoms with Crippen molar-refractivity contribution >= 4 is 0 Å². The standard InChI is InChI=1S/C22H35NO6/c1-4-23-10-18(2)6-5-15(24)21-13-7-11-12(29-3)8-20(27,22(13,28)16(11)25)19(26,17(21)23)9-14(18)21/h11-17,24-28H,4-10H2,1-3H3/t11-,12+,13+,14-,15?,16+,17-,18+,19-,20+,21?,22+/m1/s1. The van der Waals surface area contributed by atoms with E-state index in [1.54, 1.807) is 7.11 Å². The molecule has 0 aromatic carbocycles. The number of fused-ring (bicyclic) bond motifs is 2. The van der Waals surface area contributed by atoms with Crippen molar-refractivity contribution in [3.05, 3.63) is 0 Å². The Morgan fingerprint density at radius 1 is 1.10 bits per heavy atom. The molecule has 0 aromatic heterocycles. The smallest absolute Gasteiger partial charge is 0.129 e. The van der Waals surface area contributed by atoms with Gasteiger partial charge in [-0.05, 0) is 43.6 Å². The average Bonchev–Trinajstić information content (AvgIpc) is 3.04. The molecule has 1 spiro atoms. The Balaban J connectivity index is 1.67. The number of ether oxygens (including phenoxy) is 1. The third-order valence-electron chi connectivity index (χ3n) is 10.9. The van der Waals surface area contributed by atoms with Crippen molar-refractivity contribution in [2.24, 2.45) is 28.6 Å². The van der Waals surface area contributed by atoms with Gasteiger partial charge < -0.3 is 30.3 Å². The molecule has 0 amide bonds. The highest BCUT2D eigenvalue weighted by Gasteiger charge is 2.91. The second kappa shape index (κ2) is 5.20. The largest absolute Gasteiger partial charge is 0.392 e. The van der Waals surface area contributed by atoms with Crippen LogP contribution < -0.4 is 0 Å². The van der Waals surface area contributed by atoms with Gasteiger partial charge in [-0.15, -0.1) is 0 Å². The van der Waals surface area contributed by atoms with Crippen LogP contribution in [-0.2, 0) is 4.74 Å². The van der Waals surface area contributed by atoms with Crippen LogP contribution in [0.5, 0.6) is 0 Å². The molecule has 6 aliphatic rings. The van der Waals surface area contributed by atoms with Gasteiger partial charge in [0, 0.05) is 37.3 Å². The zero-order valence-corrected chi connectivity index (χ0v) is 17.6. The molecule has 2 unspecified atom stereocenters. The molecule has 29 heavy (non-hydrogen) atoms. The number of piperidine rings is 1. The molecule has 1 saturated heterocycles. The summed E-state index contributed by atoms with van der Waals surface area (Å²) in [6, 6.07) is -0.426. The predicted octanol–water partition coefficient (Wildman–Crippen LogP) is -0.520. The predicted molar refractivity (Wildman–Crippen MR) is 103 cm³/mol. The van der Waals surface area contributed by atoms with E-state index < -0.39 is 52.5 Å². The Labute approximate surface area is 171 Å². The van der Waals surface area contributed by atoms with Crippen LogP contribution in [0.1, 0.15) is 46.0 Å². The van der Waals surface area contributed by atoms with Gasteiger partial charge in [-0.3, -0.25) is 4.90 Å². The SMILES string of the molecule is CCN1C[C@]2(C)CCC(O)C34[C@@H]2C[C@@](O)([C@@H]13)[C@@]1(O)C[C@H](OC)[C@H]2C[C@@H]4[C@]1(O)[C@H]2O. The van der Waals surface area contributed by atoms with Gasteiger partial charge in [-0.25, -0.2) is 0 Å². The maximum atomic E-state index is 12.3. The van der Waals surface area contributed by atoms with Crippen molar-refractivity contribution in [1.29, 1.82) is 0 Å². The molecule has 164 valence electrons. The number of hydrogen-bond donors (Lipinski definition) is 5. The molecule has 12 atom stereocenters. The van der Waals surface area contributed by atoms with Crippen molar-refractivity contribution < 1.29 is 30.3 Å². The summed E-state index contributed by atoms with van der Waals surface area (Å²) in [5.41, 5.74) is -6.12. The van der Waals surface area contributed by atoms with Gasteiger partial charge in [-0.1, -0.05) is 13.8 Å². The Kier molecular flexibility index (Phi) is 3.48. The first-order valence-corrected chi connectivity index (χ1v) is 11.4. The average molecular weight is 410 g/mol. The van der Waals surface area contributed by atoms with Gasteiger partial charge in [0.15, 0.2) is 0 Å². The lowest BCUT2D eigenvalue weighted by Crippen LogP contribution is -2.87. The Morgan fingerprint density at radius 3 is 2.48 bits per heavy atom. The molecule has 6 fully saturated rings. The number of hydrogen-bond acceptors (Lipinski definition) is 7. The number of nitrogens with zero attached hydrogens (tertiary/aromatic N) is 1. The van der Waals surface area contributed by atoms with E-state index in [4.69, 9.17) is 4.74 Å². The van der Waals surface area contributed by atoms with Crippen LogP contribution >= 0.6 is 0 Å². The second-order valence-corrected chi connectivity index (χ2v) is 11.4. The third-order valence-corrected chi connectivity index (χ3v) is 10.9. The number of rotatable bonds is 2. The van der Waals surface area contributed by atoms with E-state index in [-0.39, 0.29) is 23.7 Å². The van der Waals surface area contributed by atoms with E-state index in [9.17, 15) is 25.5 Å². The number of aliphatic hydroxyl groups is 5. The quantitative estimate of drug-likeness (QED) is 0.417. The molecule has 5 N–H and O–H groups in total. The second-order valence-electron chi connectivity index (χ2n) is 11.4. The van der Waals surface area contributed by atoms with Gasteiger partial charge in [-0.2, -0.15) is 0 Å². The zero-order chi connectivity index (χ0) is 20.8. The van der Waals surface area contributed by atoms with Crippen LogP contribution in [0.15, 0.2) is 0 Å². The minimum atomic E-state index is -1.87. The summed E-state index contributed by atoms with van der Waals surface area (Å²) in [5, 5.41) is 59.4. The summed E-state index contributed by atoms with van der Waals surface area (Å²) < 4.78 is 5.66. The van der Waals surface area contributed by atoms with Crippen molar-refractivity contribution in [2.75, 3.05) is 20.2 Å². The first-order chi connectivity index (χ1) is 13.6. The summed E-state index contributed by atoms with van der Waals surface area (Å²) in [7, 11) is 1.57. The normalized spacial score (nSPS) is 67.7. The highest BCUT2D eigenvalue weighted by molar-refractivity contribution is 5.42. The number of likely N-dealkylation sites (N-methyl/N-ethyl adjacent to an activating group) is 1. The Morgan fingerprint density at radius 2 is 1.83 bits per heavy atom. The van der Waals surface area contributed by atoms with Crippen LogP contribution in [0, 0.1) is 28.6 Å². The third kappa shape index (κ3) is 1.61. The van der Waals surface area contributed by atoms with E-state index in [1.807, 2.05) is 0 Å². The molecular formula is C22H35NO6. The van der Waals surface area contributed by atoms with Gasteiger partial charge in [0.25, 0.3) is 0 Å². The number of methoxy groups -OCH3 is 1. The lowest BCUT2D eigenvalue weighted by Gasteiger charge is -2.71.